The summed E-state index contributed by atoms with van der Waals surface area (Å²) in [5.74, 6) is 1.10. The molecule has 0 atom stereocenters. The first-order valence-corrected chi connectivity index (χ1v) is 22.6. The molecule has 2 saturated heterocycles. The molecule has 330 valence electrons. The standard InChI is InChI=1S/C49H49Cl2F2N9O2/c1-3-63-43-25-30(26-44(45(43)54)64-4-2)29-60-23-19-34(20-24-60)62(49-57-42-16-14-32(51)28-38(42)47(59-49)36-10-6-8-12-40(36)53)61(33-17-21-55-22-18-33)48-56-41-15-13-31(50)27-37(41)46(58-48)35-9-5-7-11-39(35)52/h5-16,25-28,33-34,55H,3-4,17-24,29,54H2,1-2H3. The van der Waals surface area contributed by atoms with E-state index in [9.17, 15) is 0 Å². The van der Waals surface area contributed by atoms with Gasteiger partial charge >= 0.3 is 0 Å². The number of hydrogen-bond donors (Lipinski definition) is 2. The van der Waals surface area contributed by atoms with Crippen LogP contribution in [0.3, 0.4) is 0 Å². The van der Waals surface area contributed by atoms with Crippen LogP contribution in [0.1, 0.15) is 45.1 Å². The Labute approximate surface area is 381 Å². The lowest BCUT2D eigenvalue weighted by Gasteiger charge is -2.47. The smallest absolute Gasteiger partial charge is 0.246 e. The molecule has 9 rings (SSSR count). The Morgan fingerprint density at radius 2 is 1.12 bits per heavy atom. The van der Waals surface area contributed by atoms with Gasteiger partial charge in [0.05, 0.1) is 47.7 Å². The van der Waals surface area contributed by atoms with Crippen LogP contribution in [-0.2, 0) is 6.54 Å². The molecule has 64 heavy (non-hydrogen) atoms. The summed E-state index contributed by atoms with van der Waals surface area (Å²) in [6, 6.07) is 27.7. The Morgan fingerprint density at radius 1 is 0.656 bits per heavy atom. The zero-order chi connectivity index (χ0) is 44.3. The zero-order valence-electron chi connectivity index (χ0n) is 35.7. The third-order valence-electron chi connectivity index (χ3n) is 11.9. The van der Waals surface area contributed by atoms with Gasteiger partial charge < -0.3 is 20.5 Å². The van der Waals surface area contributed by atoms with Crippen LogP contribution >= 0.6 is 23.2 Å². The lowest BCUT2D eigenvalue weighted by atomic mass is 10.0. The molecule has 2 aliphatic rings. The van der Waals surface area contributed by atoms with E-state index in [2.05, 4.69) is 20.2 Å². The van der Waals surface area contributed by atoms with Crippen molar-refractivity contribution in [2.75, 3.05) is 55.1 Å². The molecule has 0 bridgehead atoms. The minimum absolute atomic E-state index is 0.123. The summed E-state index contributed by atoms with van der Waals surface area (Å²) in [5, 5.41) is 9.98. The molecule has 0 amide bonds. The van der Waals surface area contributed by atoms with E-state index in [1.165, 1.54) is 12.1 Å². The lowest BCUT2D eigenvalue weighted by molar-refractivity contribution is 0.196. The first kappa shape index (κ1) is 43.4. The van der Waals surface area contributed by atoms with Crippen LogP contribution in [-0.4, -0.2) is 76.3 Å². The van der Waals surface area contributed by atoms with Crippen molar-refractivity contribution in [3.8, 4) is 34.0 Å². The van der Waals surface area contributed by atoms with Crippen LogP contribution in [0, 0.1) is 11.6 Å². The number of nitrogens with one attached hydrogen (secondary N) is 1. The van der Waals surface area contributed by atoms with Gasteiger partial charge in [-0.1, -0.05) is 47.5 Å². The summed E-state index contributed by atoms with van der Waals surface area (Å²) >= 11 is 13.2. The Hall–Kier alpha value is -5.86. The average molecular weight is 905 g/mol. The summed E-state index contributed by atoms with van der Waals surface area (Å²) < 4.78 is 43.6. The number of ether oxygens (including phenoxy) is 2. The van der Waals surface area contributed by atoms with Crippen molar-refractivity contribution in [3.63, 3.8) is 0 Å². The summed E-state index contributed by atoms with van der Waals surface area (Å²) in [7, 11) is 0. The highest BCUT2D eigenvalue weighted by Crippen LogP contribution is 2.39. The number of piperidine rings is 2. The van der Waals surface area contributed by atoms with Crippen molar-refractivity contribution in [1.29, 1.82) is 0 Å². The number of fused-ring (bicyclic) bond motifs is 2. The molecule has 3 N–H and O–H groups in total. The molecule has 2 aliphatic heterocycles. The highest BCUT2D eigenvalue weighted by Gasteiger charge is 2.38. The minimum Gasteiger partial charge on any atom is -0.492 e. The van der Waals surface area contributed by atoms with Gasteiger partial charge in [-0.2, -0.15) is 0 Å². The fourth-order valence-electron chi connectivity index (χ4n) is 8.90. The van der Waals surface area contributed by atoms with Crippen molar-refractivity contribution in [1.82, 2.24) is 30.2 Å². The average Bonchev–Trinajstić information content (AvgIpc) is 3.30. The van der Waals surface area contributed by atoms with Crippen molar-refractivity contribution in [2.24, 2.45) is 0 Å². The van der Waals surface area contributed by atoms with Gasteiger partial charge in [0.1, 0.15) is 28.8 Å². The molecule has 0 aliphatic carbocycles. The molecule has 2 fully saturated rings. The molecule has 5 aromatic carbocycles. The van der Waals surface area contributed by atoms with E-state index >= 15 is 8.78 Å². The Morgan fingerprint density at radius 3 is 1.59 bits per heavy atom. The second-order valence-corrected chi connectivity index (χ2v) is 16.9. The van der Waals surface area contributed by atoms with Gasteiger partial charge in [-0.15, -0.1) is 0 Å². The summed E-state index contributed by atoms with van der Waals surface area (Å²) in [6.07, 6.45) is 2.90. The molecule has 11 nitrogen and oxygen atoms in total. The van der Waals surface area contributed by atoms with Crippen LogP contribution in [0.2, 0.25) is 10.0 Å². The third-order valence-corrected chi connectivity index (χ3v) is 12.4. The van der Waals surface area contributed by atoms with E-state index in [1.54, 1.807) is 60.7 Å². The minimum atomic E-state index is -0.419. The summed E-state index contributed by atoms with van der Waals surface area (Å²) in [4.78, 5) is 23.4. The summed E-state index contributed by atoms with van der Waals surface area (Å²) in [5.41, 5.74) is 10.6. The van der Waals surface area contributed by atoms with Gasteiger partial charge in [0, 0.05) is 51.6 Å². The number of nitrogens with zero attached hydrogens (tertiary/aromatic N) is 7. The number of hydrazine groups is 1. The maximum atomic E-state index is 15.9. The van der Waals surface area contributed by atoms with Crippen LogP contribution < -0.4 is 30.5 Å². The number of likely N-dealkylation sites (tertiary alicyclic amines) is 1. The molecule has 7 aromatic rings. The largest absolute Gasteiger partial charge is 0.492 e. The van der Waals surface area contributed by atoms with Crippen molar-refractivity contribution in [3.05, 3.63) is 124 Å². The fourth-order valence-corrected chi connectivity index (χ4v) is 9.24. The monoisotopic (exact) mass is 903 g/mol. The second kappa shape index (κ2) is 19.1. The normalized spacial score (nSPS) is 15.2. The molecule has 0 unspecified atom stereocenters. The van der Waals surface area contributed by atoms with Crippen LogP contribution in [0.5, 0.6) is 11.5 Å². The number of hydrogen-bond acceptors (Lipinski definition) is 11. The van der Waals surface area contributed by atoms with E-state index in [4.69, 9.17) is 58.3 Å². The first-order valence-electron chi connectivity index (χ1n) is 21.8. The number of halogens is 4. The predicted molar refractivity (Wildman–Crippen MR) is 252 cm³/mol. The maximum absolute atomic E-state index is 15.9. The van der Waals surface area contributed by atoms with Crippen molar-refractivity contribution >= 4 is 62.6 Å². The van der Waals surface area contributed by atoms with E-state index < -0.39 is 11.6 Å². The molecule has 0 spiro atoms. The molecule has 4 heterocycles. The molecular formula is C49H49Cl2F2N9O2. The zero-order valence-corrected chi connectivity index (χ0v) is 37.2. The lowest BCUT2D eigenvalue weighted by Crippen LogP contribution is -2.59. The molecule has 15 heteroatoms. The fraction of sp³-hybridized carbons (Fsp3) is 0.306. The van der Waals surface area contributed by atoms with E-state index in [-0.39, 0.29) is 12.1 Å². The quantitative estimate of drug-likeness (QED) is 0.0851. The number of nitrogen functional groups attached to an aromatic ring is 1. The van der Waals surface area contributed by atoms with E-state index in [0.717, 1.165) is 44.6 Å². The van der Waals surface area contributed by atoms with E-state index in [1.807, 2.05) is 38.1 Å². The molecule has 0 saturated carbocycles. The second-order valence-electron chi connectivity index (χ2n) is 16.1. The van der Waals surface area contributed by atoms with Gasteiger partial charge in [0.2, 0.25) is 11.9 Å². The van der Waals surface area contributed by atoms with Crippen LogP contribution in [0.15, 0.2) is 97.1 Å². The SMILES string of the molecule is CCOc1cc(CN2CCC(N(c3nc(-c4ccccc4F)c4cc(Cl)ccc4n3)N(c3nc(-c4ccccc4F)c4cc(Cl)ccc4n3)C3CCNCC3)CC2)cc(OCC)c1N. The topological polar surface area (TPSA) is 118 Å². The van der Waals surface area contributed by atoms with Gasteiger partial charge in [-0.25, -0.2) is 38.7 Å². The molecule has 2 aromatic heterocycles. The number of anilines is 3. The van der Waals surface area contributed by atoms with Gasteiger partial charge in [-0.05, 0) is 131 Å². The highest BCUT2D eigenvalue weighted by atomic mass is 35.5. The van der Waals surface area contributed by atoms with Gasteiger partial charge in [-0.3, -0.25) is 4.90 Å². The molecular weight excluding hydrogens is 856 g/mol. The van der Waals surface area contributed by atoms with E-state index in [0.29, 0.717) is 116 Å². The number of nitrogens with two attached hydrogens (primary N) is 1. The highest BCUT2D eigenvalue weighted by molar-refractivity contribution is 6.31. The Balaban J connectivity index is 1.20. The predicted octanol–water partition coefficient (Wildman–Crippen LogP) is 10.5. The van der Waals surface area contributed by atoms with Crippen LogP contribution in [0.4, 0.5) is 26.4 Å². The maximum Gasteiger partial charge on any atom is 0.246 e. The van der Waals surface area contributed by atoms with Gasteiger partial charge in [0.15, 0.2) is 0 Å². The van der Waals surface area contributed by atoms with Crippen molar-refractivity contribution < 1.29 is 18.3 Å². The van der Waals surface area contributed by atoms with Crippen molar-refractivity contribution in [2.45, 2.75) is 58.2 Å². The number of aromatic nitrogens is 4. The Bertz CT molecular complexity index is 2780. The first-order chi connectivity index (χ1) is 31.2. The molecule has 0 radical (unpaired) electrons. The number of benzene rings is 5. The Kier molecular flexibility index (Phi) is 12.9. The summed E-state index contributed by atoms with van der Waals surface area (Å²) in [6.45, 7) is 8.43. The van der Waals surface area contributed by atoms with Crippen LogP contribution in [0.25, 0.3) is 44.3 Å². The third kappa shape index (κ3) is 8.94. The van der Waals surface area contributed by atoms with Gasteiger partial charge in [0.25, 0.3) is 0 Å². The number of rotatable bonds is 13.